The summed E-state index contributed by atoms with van der Waals surface area (Å²) in [6.45, 7) is 8.88. The molecule has 2 aromatic rings. The number of carbonyl (C=O) groups is 1. The van der Waals surface area contributed by atoms with Gasteiger partial charge >= 0.3 is 6.09 Å². The van der Waals surface area contributed by atoms with Crippen molar-refractivity contribution in [2.75, 3.05) is 66.7 Å². The van der Waals surface area contributed by atoms with Crippen LogP contribution in [-0.2, 0) is 30.7 Å². The molecule has 1 amide bonds. The second kappa shape index (κ2) is 17.1. The number of rotatable bonds is 15. The van der Waals surface area contributed by atoms with E-state index in [0.29, 0.717) is 43.2 Å². The number of halogens is 2. The van der Waals surface area contributed by atoms with E-state index >= 15 is 0 Å². The zero-order valence-electron chi connectivity index (χ0n) is 27.9. The van der Waals surface area contributed by atoms with Gasteiger partial charge in [0.25, 0.3) is 0 Å². The Hall–Kier alpha value is -1.97. The van der Waals surface area contributed by atoms with E-state index in [-0.39, 0.29) is 30.2 Å². The zero-order chi connectivity index (χ0) is 34.2. The predicted octanol–water partition coefficient (Wildman–Crippen LogP) is 5.01. The molecule has 1 fully saturated rings. The first kappa shape index (κ1) is 37.8. The normalized spacial score (nSPS) is 20.3. The summed E-state index contributed by atoms with van der Waals surface area (Å²) in [6, 6.07) is 11.0. The van der Waals surface area contributed by atoms with Crippen LogP contribution >= 0.6 is 27.5 Å². The first-order valence-corrected chi connectivity index (χ1v) is 18.7. The number of hydrogen-bond acceptors (Lipinski definition) is 9. The Morgan fingerprint density at radius 1 is 1.06 bits per heavy atom. The van der Waals surface area contributed by atoms with Gasteiger partial charge in [-0.05, 0) is 108 Å². The number of sulfonamides is 1. The van der Waals surface area contributed by atoms with Gasteiger partial charge in [-0.1, -0.05) is 27.5 Å². The molecule has 0 unspecified atom stereocenters. The molecule has 3 atom stereocenters. The average Bonchev–Trinajstić information content (AvgIpc) is 3.35. The second-order valence-corrected chi connectivity index (χ2v) is 16.1. The lowest BCUT2D eigenvalue weighted by atomic mass is 10.0. The Bertz CT molecular complexity index is 1440. The Labute approximate surface area is 292 Å². The lowest BCUT2D eigenvalue weighted by Gasteiger charge is -2.41. The van der Waals surface area contributed by atoms with Crippen molar-refractivity contribution < 1.29 is 32.2 Å². The van der Waals surface area contributed by atoms with Gasteiger partial charge in [-0.15, -0.1) is 0 Å². The van der Waals surface area contributed by atoms with Gasteiger partial charge in [-0.2, -0.15) is 0 Å². The molecular weight excluding hydrogens is 712 g/mol. The average molecular weight is 760 g/mol. The van der Waals surface area contributed by atoms with Crippen molar-refractivity contribution in [1.82, 2.24) is 19.8 Å². The van der Waals surface area contributed by atoms with Crippen LogP contribution in [0.5, 0.6) is 5.75 Å². The molecule has 14 heteroatoms. The number of hydrogen-bond donors (Lipinski definition) is 2. The van der Waals surface area contributed by atoms with Crippen molar-refractivity contribution in [1.29, 1.82) is 0 Å². The van der Waals surface area contributed by atoms with Gasteiger partial charge in [0.05, 0.1) is 37.4 Å². The Balaban J connectivity index is 1.25. The van der Waals surface area contributed by atoms with Gasteiger partial charge in [-0.25, -0.2) is 17.9 Å². The third-order valence-electron chi connectivity index (χ3n) is 8.11. The van der Waals surface area contributed by atoms with Crippen molar-refractivity contribution in [3.8, 4) is 5.75 Å². The lowest BCUT2D eigenvalue weighted by Crippen LogP contribution is -2.51. The third-order valence-corrected chi connectivity index (χ3v) is 10.5. The molecule has 0 spiro atoms. The summed E-state index contributed by atoms with van der Waals surface area (Å²) < 4.78 is 52.0. The van der Waals surface area contributed by atoms with Gasteiger partial charge in [0, 0.05) is 35.2 Å². The van der Waals surface area contributed by atoms with Crippen LogP contribution in [0.3, 0.4) is 0 Å². The molecule has 1 saturated heterocycles. The zero-order valence-corrected chi connectivity index (χ0v) is 31.0. The molecule has 0 aromatic heterocycles. The minimum absolute atomic E-state index is 0.112. The minimum atomic E-state index is -3.74. The molecule has 2 aromatic carbocycles. The van der Waals surface area contributed by atoms with E-state index in [1.807, 2.05) is 12.1 Å². The van der Waals surface area contributed by atoms with Crippen molar-refractivity contribution in [2.45, 2.75) is 68.7 Å². The van der Waals surface area contributed by atoms with Gasteiger partial charge < -0.3 is 29.2 Å². The molecule has 0 radical (unpaired) electrons. The highest BCUT2D eigenvalue weighted by Crippen LogP contribution is 2.43. The molecule has 2 aliphatic rings. The van der Waals surface area contributed by atoms with E-state index in [4.69, 9.17) is 30.5 Å². The molecule has 11 nitrogen and oxygen atoms in total. The molecule has 1 aliphatic heterocycles. The van der Waals surface area contributed by atoms with Crippen LogP contribution in [0.2, 0.25) is 5.02 Å². The van der Waals surface area contributed by atoms with Gasteiger partial charge in [0.15, 0.2) is 0 Å². The van der Waals surface area contributed by atoms with Crippen LogP contribution in [0.15, 0.2) is 45.8 Å². The van der Waals surface area contributed by atoms with E-state index in [9.17, 15) is 13.2 Å². The van der Waals surface area contributed by atoms with E-state index in [0.717, 1.165) is 36.0 Å². The van der Waals surface area contributed by atoms with Gasteiger partial charge in [0.1, 0.15) is 17.5 Å². The number of likely N-dealkylation sites (tertiary alicyclic amines) is 1. The predicted molar refractivity (Wildman–Crippen MR) is 186 cm³/mol. The summed E-state index contributed by atoms with van der Waals surface area (Å²) in [5, 5.41) is 3.26. The second-order valence-electron chi connectivity index (χ2n) is 13.0. The van der Waals surface area contributed by atoms with Crippen LogP contribution in [0.4, 0.5) is 4.79 Å². The first-order chi connectivity index (χ1) is 22.2. The summed E-state index contributed by atoms with van der Waals surface area (Å²) >= 11 is 10.2. The largest absolute Gasteiger partial charge is 0.484 e. The smallest absolute Gasteiger partial charge is 0.407 e. The van der Waals surface area contributed by atoms with Crippen molar-refractivity contribution in [3.63, 3.8) is 0 Å². The maximum Gasteiger partial charge on any atom is 0.407 e. The molecule has 0 bridgehead atoms. The minimum Gasteiger partial charge on any atom is -0.484 e. The summed E-state index contributed by atoms with van der Waals surface area (Å²) in [5.41, 5.74) is 1.70. The van der Waals surface area contributed by atoms with Crippen LogP contribution in [-0.4, -0.2) is 109 Å². The summed E-state index contributed by atoms with van der Waals surface area (Å²) in [7, 11) is 0.527. The fraction of sp³-hybridized carbons (Fsp3) is 0.606. The molecule has 4 rings (SSSR count). The Morgan fingerprint density at radius 2 is 1.74 bits per heavy atom. The number of benzene rings is 2. The fourth-order valence-corrected chi connectivity index (χ4v) is 7.83. The van der Waals surface area contributed by atoms with Crippen LogP contribution in [0, 0.1) is 0 Å². The summed E-state index contributed by atoms with van der Waals surface area (Å²) in [5.74, 6) is 0.591. The van der Waals surface area contributed by atoms with Gasteiger partial charge in [0.2, 0.25) is 10.0 Å². The van der Waals surface area contributed by atoms with Crippen LogP contribution in [0.1, 0.15) is 50.8 Å². The van der Waals surface area contributed by atoms with E-state index < -0.39 is 21.7 Å². The van der Waals surface area contributed by atoms with Crippen molar-refractivity contribution in [2.24, 2.45) is 0 Å². The van der Waals surface area contributed by atoms with Crippen molar-refractivity contribution >= 4 is 43.6 Å². The number of alkyl carbamates (subject to hydrolysis) is 1. The van der Waals surface area contributed by atoms with Gasteiger partial charge in [-0.3, -0.25) is 4.90 Å². The lowest BCUT2D eigenvalue weighted by molar-refractivity contribution is 0.0380. The summed E-state index contributed by atoms with van der Waals surface area (Å²) in [4.78, 5) is 16.6. The maximum absolute atomic E-state index is 12.9. The third kappa shape index (κ3) is 11.3. The molecular formula is C33H48BrClN4O7S. The summed E-state index contributed by atoms with van der Waals surface area (Å²) in [6.07, 6.45) is 2.39. The Kier molecular flexibility index (Phi) is 13.8. The first-order valence-electron chi connectivity index (χ1n) is 16.0. The SMILES string of the molecule is CN(C)[C@@H]1CCCN([C@H]2Cc3c(Br)cc(Cl)cc3[C@@H]2Oc2ccc(S(=O)(=O)NCCOCCOCCNC(=O)OC(C)(C)C)cc2)C1. The number of carbonyl (C=O) groups excluding carboxylic acids is 1. The standard InChI is InChI=1S/C33H48BrClN4O7S/c1-33(2,3)46-32(40)36-12-15-43-17-18-44-16-13-37-47(41,42)26-10-8-25(9-11-26)45-31-28-19-23(35)20-29(34)27(28)21-30(31)39-14-6-7-24(22-39)38(4)5/h8-11,19-20,24,30-31,37H,6-7,12-18,21-22H2,1-5H3,(H,36,40)/t24-,30+,31+/m1/s1. The molecule has 47 heavy (non-hydrogen) atoms. The van der Waals surface area contributed by atoms with E-state index in [1.54, 1.807) is 45.0 Å². The van der Waals surface area contributed by atoms with Crippen LogP contribution in [0.25, 0.3) is 0 Å². The number of amides is 1. The van der Waals surface area contributed by atoms with E-state index in [2.05, 4.69) is 49.9 Å². The molecule has 0 saturated carbocycles. The molecule has 262 valence electrons. The Morgan fingerprint density at radius 3 is 2.40 bits per heavy atom. The monoisotopic (exact) mass is 758 g/mol. The number of fused-ring (bicyclic) bond motifs is 1. The molecule has 1 heterocycles. The highest BCUT2D eigenvalue weighted by Gasteiger charge is 2.41. The maximum atomic E-state index is 12.9. The number of nitrogens with zero attached hydrogens (tertiary/aromatic N) is 2. The number of likely N-dealkylation sites (N-methyl/N-ethyl adjacent to an activating group) is 1. The van der Waals surface area contributed by atoms with E-state index in [1.165, 1.54) is 12.0 Å². The molecule has 1 aliphatic carbocycles. The number of ether oxygens (including phenoxy) is 4. The van der Waals surface area contributed by atoms with Crippen LogP contribution < -0.4 is 14.8 Å². The quantitative estimate of drug-likeness (QED) is 0.242. The highest BCUT2D eigenvalue weighted by atomic mass is 79.9. The number of piperidine rings is 1. The fourth-order valence-electron chi connectivity index (χ4n) is 5.82. The highest BCUT2D eigenvalue weighted by molar-refractivity contribution is 9.10. The molecule has 2 N–H and O–H groups in total. The topological polar surface area (TPSA) is 119 Å². The van der Waals surface area contributed by atoms with Crippen molar-refractivity contribution in [3.05, 3.63) is 57.0 Å². The number of nitrogens with one attached hydrogen (secondary N) is 2.